The minimum absolute atomic E-state index is 0.289. The molecule has 162 valence electrons. The highest BCUT2D eigenvalue weighted by atomic mass is 16.3. The predicted molar refractivity (Wildman–Crippen MR) is 125 cm³/mol. The molecule has 1 saturated heterocycles. The molecule has 1 aliphatic rings. The number of phenolic OH excluding ortho intramolecular Hbond substituents is 1. The van der Waals surface area contributed by atoms with Crippen LogP contribution in [0.1, 0.15) is 23.6 Å². The summed E-state index contributed by atoms with van der Waals surface area (Å²) in [5, 5.41) is 16.2. The van der Waals surface area contributed by atoms with Gasteiger partial charge in [-0.05, 0) is 55.2 Å². The number of anilines is 1. The van der Waals surface area contributed by atoms with E-state index in [1.807, 2.05) is 24.4 Å². The van der Waals surface area contributed by atoms with E-state index in [9.17, 15) is 5.11 Å². The van der Waals surface area contributed by atoms with E-state index in [0.29, 0.717) is 12.0 Å². The number of rotatable bonds is 7. The maximum Gasteiger partial charge on any atom is 0.223 e. The molecule has 6 heteroatoms. The van der Waals surface area contributed by atoms with E-state index in [1.165, 1.54) is 11.1 Å². The number of phenols is 1. The summed E-state index contributed by atoms with van der Waals surface area (Å²) in [6.07, 6.45) is 2.65. The number of piperazine rings is 1. The number of nitrogens with zero attached hydrogens (tertiary/aromatic N) is 3. The largest absolute Gasteiger partial charge is 0.508 e. The Kier molecular flexibility index (Phi) is 6.79. The zero-order valence-electron chi connectivity index (χ0n) is 18.3. The summed E-state index contributed by atoms with van der Waals surface area (Å²) in [6, 6.07) is 16.3. The number of hydrogen-bond donors (Lipinski definition) is 3. The molecule has 3 aromatic rings. The molecule has 3 N–H and O–H groups in total. The molecule has 0 unspecified atom stereocenters. The minimum atomic E-state index is 0.289. The van der Waals surface area contributed by atoms with Gasteiger partial charge in [0.25, 0.3) is 0 Å². The molecule has 2 heterocycles. The molecule has 1 aliphatic heterocycles. The molecule has 1 aromatic heterocycles. The first-order valence-corrected chi connectivity index (χ1v) is 11.0. The molecule has 0 aliphatic carbocycles. The van der Waals surface area contributed by atoms with E-state index in [-0.39, 0.29) is 5.75 Å². The van der Waals surface area contributed by atoms with Gasteiger partial charge in [0.15, 0.2) is 0 Å². The molecule has 4 rings (SSSR count). The van der Waals surface area contributed by atoms with E-state index in [2.05, 4.69) is 52.6 Å². The molecule has 1 fully saturated rings. The maximum atomic E-state index is 9.40. The zero-order valence-corrected chi connectivity index (χ0v) is 18.3. The van der Waals surface area contributed by atoms with Crippen LogP contribution >= 0.6 is 0 Å². The average Bonchev–Trinajstić information content (AvgIpc) is 2.78. The van der Waals surface area contributed by atoms with Crippen molar-refractivity contribution in [2.24, 2.45) is 0 Å². The van der Waals surface area contributed by atoms with E-state index in [1.54, 1.807) is 12.1 Å². The minimum Gasteiger partial charge on any atom is -0.508 e. The topological polar surface area (TPSA) is 73.3 Å². The third-order valence-electron chi connectivity index (χ3n) is 6.02. The normalized spacial score (nSPS) is 16.9. The standard InChI is InChI=1S/C25H31N5O/c1-18-16-26-14-15-30(18)17-21-4-3-5-23(19(21)2)24-11-13-28-25(29-24)27-12-10-20-6-8-22(31)9-7-20/h3-9,11,13,18,26,31H,10,12,14-17H2,1-2H3,(H,27,28,29)/t18-/m0/s1. The number of aromatic nitrogens is 2. The van der Waals surface area contributed by atoms with Gasteiger partial charge in [-0.25, -0.2) is 9.97 Å². The highest BCUT2D eigenvalue weighted by molar-refractivity contribution is 5.65. The second-order valence-corrected chi connectivity index (χ2v) is 8.22. The number of hydrogen-bond acceptors (Lipinski definition) is 6. The Bertz CT molecular complexity index is 1010. The fourth-order valence-electron chi connectivity index (χ4n) is 4.04. The smallest absolute Gasteiger partial charge is 0.223 e. The highest BCUT2D eigenvalue weighted by Gasteiger charge is 2.19. The Morgan fingerprint density at radius 2 is 2.00 bits per heavy atom. The second-order valence-electron chi connectivity index (χ2n) is 8.22. The van der Waals surface area contributed by atoms with Crippen molar-refractivity contribution in [1.82, 2.24) is 20.2 Å². The van der Waals surface area contributed by atoms with Crippen LogP contribution in [-0.2, 0) is 13.0 Å². The van der Waals surface area contributed by atoms with Gasteiger partial charge in [0.05, 0.1) is 5.69 Å². The lowest BCUT2D eigenvalue weighted by Crippen LogP contribution is -2.49. The fourth-order valence-corrected chi connectivity index (χ4v) is 4.04. The Morgan fingerprint density at radius 3 is 2.81 bits per heavy atom. The summed E-state index contributed by atoms with van der Waals surface area (Å²) in [4.78, 5) is 11.7. The number of benzene rings is 2. The van der Waals surface area contributed by atoms with Crippen molar-refractivity contribution < 1.29 is 5.11 Å². The van der Waals surface area contributed by atoms with Gasteiger partial charge in [0.1, 0.15) is 5.75 Å². The monoisotopic (exact) mass is 417 g/mol. The second kappa shape index (κ2) is 9.90. The summed E-state index contributed by atoms with van der Waals surface area (Å²) in [6.45, 7) is 9.34. The molecule has 0 bridgehead atoms. The van der Waals surface area contributed by atoms with Crippen molar-refractivity contribution in [2.75, 3.05) is 31.5 Å². The first-order chi connectivity index (χ1) is 15.1. The van der Waals surface area contributed by atoms with Crippen LogP contribution < -0.4 is 10.6 Å². The molecule has 6 nitrogen and oxygen atoms in total. The number of aromatic hydroxyl groups is 1. The molecule has 0 saturated carbocycles. The third kappa shape index (κ3) is 5.40. The van der Waals surface area contributed by atoms with Crippen molar-refractivity contribution in [3.8, 4) is 17.0 Å². The zero-order chi connectivity index (χ0) is 21.6. The van der Waals surface area contributed by atoms with Gasteiger partial charge < -0.3 is 15.7 Å². The molecular weight excluding hydrogens is 386 g/mol. The molecule has 2 aromatic carbocycles. The Balaban J connectivity index is 1.45. The summed E-state index contributed by atoms with van der Waals surface area (Å²) < 4.78 is 0. The van der Waals surface area contributed by atoms with Crippen LogP contribution in [-0.4, -0.2) is 52.2 Å². The quantitative estimate of drug-likeness (QED) is 0.545. The summed E-state index contributed by atoms with van der Waals surface area (Å²) in [7, 11) is 0. The van der Waals surface area contributed by atoms with E-state index in [0.717, 1.165) is 56.0 Å². The van der Waals surface area contributed by atoms with E-state index < -0.39 is 0 Å². The van der Waals surface area contributed by atoms with Crippen LogP contribution in [0.15, 0.2) is 54.7 Å². The molecular formula is C25H31N5O. The molecule has 0 amide bonds. The Morgan fingerprint density at radius 1 is 1.16 bits per heavy atom. The third-order valence-corrected chi connectivity index (χ3v) is 6.02. The van der Waals surface area contributed by atoms with E-state index in [4.69, 9.17) is 4.98 Å². The molecule has 0 radical (unpaired) electrons. The van der Waals surface area contributed by atoms with Crippen LogP contribution in [0.25, 0.3) is 11.3 Å². The molecule has 31 heavy (non-hydrogen) atoms. The van der Waals surface area contributed by atoms with Crippen LogP contribution in [0.5, 0.6) is 5.75 Å². The van der Waals surface area contributed by atoms with E-state index >= 15 is 0 Å². The van der Waals surface area contributed by atoms with Crippen LogP contribution in [0.3, 0.4) is 0 Å². The summed E-state index contributed by atoms with van der Waals surface area (Å²) in [5.41, 5.74) is 5.89. The lowest BCUT2D eigenvalue weighted by Gasteiger charge is -2.34. The van der Waals surface area contributed by atoms with Gasteiger partial charge in [-0.1, -0.05) is 30.3 Å². The van der Waals surface area contributed by atoms with Crippen LogP contribution in [0, 0.1) is 6.92 Å². The first kappa shape index (κ1) is 21.3. The van der Waals surface area contributed by atoms with Crippen LogP contribution in [0.2, 0.25) is 0 Å². The van der Waals surface area contributed by atoms with Gasteiger partial charge >= 0.3 is 0 Å². The number of nitrogens with one attached hydrogen (secondary N) is 2. The van der Waals surface area contributed by atoms with Crippen molar-refractivity contribution in [2.45, 2.75) is 32.9 Å². The van der Waals surface area contributed by atoms with Gasteiger partial charge in [0, 0.05) is 50.5 Å². The van der Waals surface area contributed by atoms with Gasteiger partial charge in [-0.2, -0.15) is 0 Å². The predicted octanol–water partition coefficient (Wildman–Crippen LogP) is 3.61. The maximum absolute atomic E-state index is 9.40. The summed E-state index contributed by atoms with van der Waals surface area (Å²) >= 11 is 0. The van der Waals surface area contributed by atoms with Gasteiger partial charge in [0.2, 0.25) is 5.95 Å². The van der Waals surface area contributed by atoms with Gasteiger partial charge in [-0.3, -0.25) is 4.90 Å². The van der Waals surface area contributed by atoms with Crippen LogP contribution in [0.4, 0.5) is 5.95 Å². The first-order valence-electron chi connectivity index (χ1n) is 11.0. The van der Waals surface area contributed by atoms with Crippen molar-refractivity contribution in [3.05, 3.63) is 71.4 Å². The molecule has 0 spiro atoms. The highest BCUT2D eigenvalue weighted by Crippen LogP contribution is 2.26. The SMILES string of the molecule is Cc1c(CN2CCNC[C@@H]2C)cccc1-c1ccnc(NCCc2ccc(O)cc2)n1. The lowest BCUT2D eigenvalue weighted by atomic mass is 9.99. The van der Waals surface area contributed by atoms with Crippen molar-refractivity contribution >= 4 is 5.95 Å². The fraction of sp³-hybridized carbons (Fsp3) is 0.360. The molecule has 1 atom stereocenters. The van der Waals surface area contributed by atoms with Crippen molar-refractivity contribution in [3.63, 3.8) is 0 Å². The Labute approximate surface area is 184 Å². The summed E-state index contributed by atoms with van der Waals surface area (Å²) in [5.74, 6) is 0.925. The van der Waals surface area contributed by atoms with Gasteiger partial charge in [-0.15, -0.1) is 0 Å². The lowest BCUT2D eigenvalue weighted by molar-refractivity contribution is 0.165. The average molecular weight is 418 g/mol. The van der Waals surface area contributed by atoms with Crippen molar-refractivity contribution in [1.29, 1.82) is 0 Å². The Hall–Kier alpha value is -2.96.